The molecule has 1 aliphatic rings. The van der Waals surface area contributed by atoms with E-state index in [1.54, 1.807) is 12.1 Å². The van der Waals surface area contributed by atoms with Crippen molar-refractivity contribution < 1.29 is 13.5 Å². The highest BCUT2D eigenvalue weighted by Crippen LogP contribution is 2.34. The Kier molecular flexibility index (Phi) is 9.36. The topological polar surface area (TPSA) is 9.23 Å². The maximum absolute atomic E-state index is 14.6. The summed E-state index contributed by atoms with van der Waals surface area (Å²) < 4.78 is 34.5. The largest absolute Gasteiger partial charge is 0.490 e. The van der Waals surface area contributed by atoms with Gasteiger partial charge in [-0.3, -0.25) is 0 Å². The molecule has 3 heteroatoms. The van der Waals surface area contributed by atoms with Crippen molar-refractivity contribution in [2.75, 3.05) is 6.61 Å². The average Bonchev–Trinajstić information content (AvgIpc) is 2.80. The van der Waals surface area contributed by atoms with Crippen molar-refractivity contribution in [2.24, 2.45) is 11.8 Å². The van der Waals surface area contributed by atoms with E-state index in [2.05, 4.69) is 26.0 Å². The summed E-state index contributed by atoms with van der Waals surface area (Å²) in [5, 5.41) is 0. The fourth-order valence-corrected chi connectivity index (χ4v) is 4.84. The van der Waals surface area contributed by atoms with Gasteiger partial charge in [-0.05, 0) is 54.4 Å². The summed E-state index contributed by atoms with van der Waals surface area (Å²) in [6.07, 6.45) is 13.4. The summed E-state index contributed by atoms with van der Waals surface area (Å²) in [7, 11) is 0. The molecule has 2 aromatic carbocycles. The summed E-state index contributed by atoms with van der Waals surface area (Å²) in [5.41, 5.74) is 2.27. The first-order chi connectivity index (χ1) is 15.1. The van der Waals surface area contributed by atoms with Gasteiger partial charge in [-0.25, -0.2) is 4.39 Å². The summed E-state index contributed by atoms with van der Waals surface area (Å²) in [6.45, 7) is 4.80. The van der Waals surface area contributed by atoms with E-state index in [1.165, 1.54) is 50.5 Å². The number of rotatable bonds is 11. The fraction of sp³-hybridized carbons (Fsp3) is 0.571. The molecule has 0 unspecified atom stereocenters. The molecule has 3 rings (SSSR count). The third-order valence-corrected chi connectivity index (χ3v) is 6.82. The molecule has 0 bridgehead atoms. The summed E-state index contributed by atoms with van der Waals surface area (Å²) in [4.78, 5) is 0. The molecule has 0 spiro atoms. The van der Waals surface area contributed by atoms with E-state index >= 15 is 0 Å². The lowest BCUT2D eigenvalue weighted by molar-refractivity contribution is 0.252. The Morgan fingerprint density at radius 1 is 0.774 bits per heavy atom. The Labute approximate surface area is 187 Å². The van der Waals surface area contributed by atoms with Gasteiger partial charge in [0.05, 0.1) is 6.61 Å². The van der Waals surface area contributed by atoms with E-state index in [-0.39, 0.29) is 5.75 Å². The molecule has 1 saturated carbocycles. The maximum atomic E-state index is 14.6. The number of aryl methyl sites for hydroxylation is 1. The van der Waals surface area contributed by atoms with Crippen molar-refractivity contribution in [1.82, 2.24) is 0 Å². The first kappa shape index (κ1) is 23.8. The lowest BCUT2D eigenvalue weighted by Gasteiger charge is -2.28. The van der Waals surface area contributed by atoms with Crippen molar-refractivity contribution >= 4 is 0 Å². The zero-order valence-electron chi connectivity index (χ0n) is 19.3. The van der Waals surface area contributed by atoms with E-state index in [1.807, 2.05) is 12.1 Å². The van der Waals surface area contributed by atoms with Crippen LogP contribution in [0.3, 0.4) is 0 Å². The Morgan fingerprint density at radius 2 is 1.45 bits per heavy atom. The molecule has 0 heterocycles. The van der Waals surface area contributed by atoms with E-state index in [9.17, 15) is 8.78 Å². The van der Waals surface area contributed by atoms with Gasteiger partial charge in [-0.2, -0.15) is 4.39 Å². The predicted molar refractivity (Wildman–Crippen MR) is 125 cm³/mol. The van der Waals surface area contributed by atoms with Crippen LogP contribution in [0.2, 0.25) is 0 Å². The quantitative estimate of drug-likeness (QED) is 0.325. The van der Waals surface area contributed by atoms with Crippen molar-refractivity contribution in [3.63, 3.8) is 0 Å². The molecule has 1 nitrogen and oxygen atoms in total. The highest BCUT2D eigenvalue weighted by atomic mass is 19.2. The highest BCUT2D eigenvalue weighted by molar-refractivity contribution is 5.65. The zero-order valence-corrected chi connectivity index (χ0v) is 19.3. The SMILES string of the molecule is CCCCCOc1ccc(-c2ccc(CCC3CCC(CCC)CC3)cc2)c(F)c1F. The van der Waals surface area contributed by atoms with E-state index in [4.69, 9.17) is 4.74 Å². The maximum Gasteiger partial charge on any atom is 0.201 e. The summed E-state index contributed by atoms with van der Waals surface area (Å²) >= 11 is 0. The molecule has 0 aromatic heterocycles. The van der Waals surface area contributed by atoms with Crippen molar-refractivity contribution in [3.05, 3.63) is 53.6 Å². The number of ether oxygens (including phenoxy) is 1. The Morgan fingerprint density at radius 3 is 2.10 bits per heavy atom. The van der Waals surface area contributed by atoms with Gasteiger partial charge in [0.2, 0.25) is 5.82 Å². The van der Waals surface area contributed by atoms with Crippen LogP contribution in [-0.4, -0.2) is 6.61 Å². The normalized spacial score (nSPS) is 18.8. The molecule has 0 saturated heterocycles. The Bertz CT molecular complexity index is 791. The second-order valence-corrected chi connectivity index (χ2v) is 9.21. The van der Waals surface area contributed by atoms with Gasteiger partial charge in [-0.1, -0.05) is 89.5 Å². The number of hydrogen-bond acceptors (Lipinski definition) is 1. The molecule has 0 N–H and O–H groups in total. The number of benzene rings is 2. The number of unbranched alkanes of at least 4 members (excludes halogenated alkanes) is 2. The number of hydrogen-bond donors (Lipinski definition) is 0. The van der Waals surface area contributed by atoms with Crippen LogP contribution in [0.1, 0.15) is 83.6 Å². The monoisotopic (exact) mass is 428 g/mol. The van der Waals surface area contributed by atoms with E-state index < -0.39 is 11.6 Å². The smallest absolute Gasteiger partial charge is 0.201 e. The van der Waals surface area contributed by atoms with Gasteiger partial charge >= 0.3 is 0 Å². The van der Waals surface area contributed by atoms with Crippen LogP contribution in [0.15, 0.2) is 36.4 Å². The minimum Gasteiger partial charge on any atom is -0.490 e. The van der Waals surface area contributed by atoms with Crippen LogP contribution in [0.25, 0.3) is 11.1 Å². The van der Waals surface area contributed by atoms with Gasteiger partial charge in [0.25, 0.3) is 0 Å². The van der Waals surface area contributed by atoms with E-state index in [0.29, 0.717) is 17.7 Å². The third-order valence-electron chi connectivity index (χ3n) is 6.82. The molecule has 0 aliphatic heterocycles. The molecule has 0 amide bonds. The van der Waals surface area contributed by atoms with Gasteiger partial charge in [0.1, 0.15) is 0 Å². The molecule has 1 fully saturated rings. The van der Waals surface area contributed by atoms with Gasteiger partial charge in [0.15, 0.2) is 11.6 Å². The first-order valence-corrected chi connectivity index (χ1v) is 12.3. The molecule has 1 aliphatic carbocycles. The van der Waals surface area contributed by atoms with Gasteiger partial charge in [-0.15, -0.1) is 0 Å². The van der Waals surface area contributed by atoms with Gasteiger partial charge in [0, 0.05) is 5.56 Å². The van der Waals surface area contributed by atoms with Gasteiger partial charge < -0.3 is 4.74 Å². The molecular weight excluding hydrogens is 390 g/mol. The third kappa shape index (κ3) is 6.79. The van der Waals surface area contributed by atoms with E-state index in [0.717, 1.165) is 37.5 Å². The highest BCUT2D eigenvalue weighted by Gasteiger charge is 2.20. The number of halogens is 2. The summed E-state index contributed by atoms with van der Waals surface area (Å²) in [5.74, 6) is 0.0668. The minimum absolute atomic E-state index is 0.00244. The average molecular weight is 429 g/mol. The summed E-state index contributed by atoms with van der Waals surface area (Å²) in [6, 6.07) is 11.1. The molecule has 170 valence electrons. The molecule has 31 heavy (non-hydrogen) atoms. The van der Waals surface area contributed by atoms with Crippen LogP contribution in [-0.2, 0) is 6.42 Å². The second kappa shape index (κ2) is 12.2. The molecule has 2 aromatic rings. The Balaban J connectivity index is 1.54. The van der Waals surface area contributed by atoms with Crippen molar-refractivity contribution in [2.45, 2.75) is 84.5 Å². The van der Waals surface area contributed by atoms with Crippen LogP contribution in [0.5, 0.6) is 5.75 Å². The fourth-order valence-electron chi connectivity index (χ4n) is 4.84. The molecule has 0 atom stereocenters. The standard InChI is InChI=1S/C28H38F2O/c1-3-5-6-20-31-26-19-18-25(27(29)28(26)30)24-16-14-23(15-17-24)13-12-22-10-8-21(7-4-2)9-11-22/h14-19,21-22H,3-13,20H2,1-2H3. The van der Waals surface area contributed by atoms with Crippen LogP contribution < -0.4 is 4.74 Å². The first-order valence-electron chi connectivity index (χ1n) is 12.3. The van der Waals surface area contributed by atoms with Crippen LogP contribution in [0, 0.1) is 23.5 Å². The zero-order chi connectivity index (χ0) is 22.1. The molecule has 0 radical (unpaired) electrons. The van der Waals surface area contributed by atoms with Crippen LogP contribution in [0.4, 0.5) is 8.78 Å². The lowest BCUT2D eigenvalue weighted by atomic mass is 9.78. The minimum atomic E-state index is -0.892. The second-order valence-electron chi connectivity index (χ2n) is 9.21. The predicted octanol–water partition coefficient (Wildman–Crippen LogP) is 8.74. The lowest BCUT2D eigenvalue weighted by Crippen LogP contribution is -2.15. The van der Waals surface area contributed by atoms with Crippen LogP contribution >= 0.6 is 0 Å². The Hall–Kier alpha value is -1.90. The van der Waals surface area contributed by atoms with Crippen molar-refractivity contribution in [3.8, 4) is 16.9 Å². The van der Waals surface area contributed by atoms with Crippen molar-refractivity contribution in [1.29, 1.82) is 0 Å². The molecular formula is C28H38F2O.